The zero-order chi connectivity index (χ0) is 12.0. The Morgan fingerprint density at radius 3 is 2.88 bits per heavy atom. The smallest absolute Gasteiger partial charge is 0.306 e. The Bertz CT molecular complexity index is 373. The van der Waals surface area contributed by atoms with Crippen LogP contribution >= 0.6 is 11.8 Å². The van der Waals surface area contributed by atoms with Crippen LogP contribution in [0.2, 0.25) is 0 Å². The van der Waals surface area contributed by atoms with Crippen molar-refractivity contribution in [2.24, 2.45) is 0 Å². The van der Waals surface area contributed by atoms with Gasteiger partial charge in [0.1, 0.15) is 17.0 Å². The third-order valence-corrected chi connectivity index (χ3v) is 2.78. The first-order valence-electron chi connectivity index (χ1n) is 4.53. The Labute approximate surface area is 97.5 Å². The normalized spacial score (nSPS) is 9.88. The van der Waals surface area contributed by atoms with E-state index >= 15 is 0 Å². The number of hydrogen-bond donors (Lipinski definition) is 1. The van der Waals surface area contributed by atoms with Gasteiger partial charge in [-0.2, -0.15) is 4.98 Å². The molecule has 88 valence electrons. The molecule has 1 rings (SSSR count). The molecule has 0 aliphatic carbocycles. The molecular weight excluding hydrogens is 230 g/mol. The fraction of sp³-hybridized carbons (Fsp3) is 0.444. The highest BCUT2D eigenvalue weighted by Gasteiger charge is 2.09. The minimum Gasteiger partial charge on any atom is -0.479 e. The van der Waals surface area contributed by atoms with Crippen molar-refractivity contribution in [1.82, 2.24) is 9.97 Å². The molecule has 1 aromatic rings. The first-order chi connectivity index (χ1) is 7.69. The van der Waals surface area contributed by atoms with Gasteiger partial charge in [0.2, 0.25) is 5.88 Å². The van der Waals surface area contributed by atoms with Crippen molar-refractivity contribution in [3.05, 3.63) is 6.33 Å². The number of nitrogen functional groups attached to an aromatic ring is 1. The molecule has 0 aliphatic rings. The summed E-state index contributed by atoms with van der Waals surface area (Å²) in [5.74, 6) is 0.638. The quantitative estimate of drug-likeness (QED) is 0.463. The molecule has 0 unspecified atom stereocenters. The van der Waals surface area contributed by atoms with Gasteiger partial charge in [0.25, 0.3) is 0 Å². The predicted molar refractivity (Wildman–Crippen MR) is 60.4 cm³/mol. The predicted octanol–water partition coefficient (Wildman–Crippen LogP) is 0.723. The summed E-state index contributed by atoms with van der Waals surface area (Å²) in [6, 6.07) is 0. The number of nitrogens with two attached hydrogens (primary N) is 1. The summed E-state index contributed by atoms with van der Waals surface area (Å²) in [5, 5.41) is 0.607. The zero-order valence-electron chi connectivity index (χ0n) is 9.10. The van der Waals surface area contributed by atoms with Crippen LogP contribution in [0.5, 0.6) is 5.88 Å². The van der Waals surface area contributed by atoms with Crippen molar-refractivity contribution >= 4 is 23.4 Å². The molecule has 0 fully saturated rings. The van der Waals surface area contributed by atoms with Crippen LogP contribution < -0.4 is 10.5 Å². The molecule has 0 saturated carbocycles. The van der Waals surface area contributed by atoms with Crippen LogP contribution in [0.3, 0.4) is 0 Å². The molecule has 2 N–H and O–H groups in total. The standard InChI is InChI=1S/C9H13N3O3S/c1-14-6(13)3-4-16-9-7(10)8(15-2)11-5-12-9/h5H,3-4,10H2,1-2H3. The molecule has 0 atom stereocenters. The lowest BCUT2D eigenvalue weighted by molar-refractivity contribution is -0.140. The van der Waals surface area contributed by atoms with Crippen LogP contribution in [-0.2, 0) is 9.53 Å². The number of esters is 1. The van der Waals surface area contributed by atoms with Crippen LogP contribution in [0.1, 0.15) is 6.42 Å². The monoisotopic (exact) mass is 243 g/mol. The Kier molecular flexibility index (Phi) is 4.84. The van der Waals surface area contributed by atoms with E-state index in [1.54, 1.807) is 0 Å². The molecule has 0 spiro atoms. The minimum absolute atomic E-state index is 0.257. The lowest BCUT2D eigenvalue weighted by atomic mass is 10.5. The summed E-state index contributed by atoms with van der Waals surface area (Å²) in [6.45, 7) is 0. The van der Waals surface area contributed by atoms with Crippen molar-refractivity contribution in [2.45, 2.75) is 11.4 Å². The highest BCUT2D eigenvalue weighted by molar-refractivity contribution is 7.99. The maximum atomic E-state index is 10.9. The number of hydrogen-bond acceptors (Lipinski definition) is 7. The fourth-order valence-electron chi connectivity index (χ4n) is 0.975. The van der Waals surface area contributed by atoms with E-state index in [0.29, 0.717) is 28.8 Å². The molecule has 0 bridgehead atoms. The van der Waals surface area contributed by atoms with E-state index in [1.165, 1.54) is 32.3 Å². The summed E-state index contributed by atoms with van der Waals surface area (Å²) >= 11 is 1.36. The average molecular weight is 243 g/mol. The number of ether oxygens (including phenoxy) is 2. The summed E-state index contributed by atoms with van der Waals surface area (Å²) in [6.07, 6.45) is 1.68. The number of anilines is 1. The Hall–Kier alpha value is -1.50. The summed E-state index contributed by atoms with van der Waals surface area (Å²) < 4.78 is 9.48. The molecule has 0 radical (unpaired) electrons. The third kappa shape index (κ3) is 3.27. The number of rotatable bonds is 5. The van der Waals surface area contributed by atoms with Crippen molar-refractivity contribution in [3.63, 3.8) is 0 Å². The van der Waals surface area contributed by atoms with Crippen molar-refractivity contribution in [3.8, 4) is 5.88 Å². The summed E-state index contributed by atoms with van der Waals surface area (Å²) in [7, 11) is 2.84. The van der Waals surface area contributed by atoms with Crippen LogP contribution in [0.25, 0.3) is 0 Å². The molecule has 0 amide bonds. The topological polar surface area (TPSA) is 87.3 Å². The molecular formula is C9H13N3O3S. The maximum absolute atomic E-state index is 10.9. The van der Waals surface area contributed by atoms with Gasteiger partial charge in [-0.3, -0.25) is 4.79 Å². The number of aromatic nitrogens is 2. The van der Waals surface area contributed by atoms with Gasteiger partial charge in [-0.15, -0.1) is 11.8 Å². The van der Waals surface area contributed by atoms with E-state index in [-0.39, 0.29) is 5.97 Å². The fourth-order valence-corrected chi connectivity index (χ4v) is 1.80. The lowest BCUT2D eigenvalue weighted by Crippen LogP contribution is -2.03. The van der Waals surface area contributed by atoms with Gasteiger partial charge in [0, 0.05) is 5.75 Å². The maximum Gasteiger partial charge on any atom is 0.306 e. The molecule has 7 heteroatoms. The van der Waals surface area contributed by atoms with Crippen LogP contribution in [0, 0.1) is 0 Å². The van der Waals surface area contributed by atoms with Crippen molar-refractivity contribution < 1.29 is 14.3 Å². The number of carbonyl (C=O) groups is 1. The second-order valence-corrected chi connectivity index (χ2v) is 3.86. The van der Waals surface area contributed by atoms with Gasteiger partial charge in [-0.1, -0.05) is 0 Å². The van der Waals surface area contributed by atoms with Gasteiger partial charge in [-0.25, -0.2) is 4.98 Å². The molecule has 1 heterocycles. The number of nitrogens with zero attached hydrogens (tertiary/aromatic N) is 2. The van der Waals surface area contributed by atoms with Gasteiger partial charge in [0.15, 0.2) is 0 Å². The average Bonchev–Trinajstić information content (AvgIpc) is 2.31. The van der Waals surface area contributed by atoms with Gasteiger partial charge >= 0.3 is 5.97 Å². The molecule has 0 aliphatic heterocycles. The molecule has 0 saturated heterocycles. The Morgan fingerprint density at radius 2 is 2.25 bits per heavy atom. The summed E-state index contributed by atoms with van der Waals surface area (Å²) in [4.78, 5) is 18.7. The third-order valence-electron chi connectivity index (χ3n) is 1.78. The first kappa shape index (κ1) is 12.6. The molecule has 16 heavy (non-hydrogen) atoms. The molecule has 0 aromatic carbocycles. The van der Waals surface area contributed by atoms with E-state index in [4.69, 9.17) is 10.5 Å². The van der Waals surface area contributed by atoms with Crippen LogP contribution in [0.4, 0.5) is 5.69 Å². The number of thioether (sulfide) groups is 1. The lowest BCUT2D eigenvalue weighted by Gasteiger charge is -2.06. The minimum atomic E-state index is -0.257. The van der Waals surface area contributed by atoms with Gasteiger partial charge in [-0.05, 0) is 0 Å². The van der Waals surface area contributed by atoms with Crippen molar-refractivity contribution in [2.75, 3.05) is 25.7 Å². The Morgan fingerprint density at radius 1 is 1.50 bits per heavy atom. The second kappa shape index (κ2) is 6.16. The second-order valence-electron chi connectivity index (χ2n) is 2.78. The molecule has 6 nitrogen and oxygen atoms in total. The molecule has 1 aromatic heterocycles. The van der Waals surface area contributed by atoms with E-state index in [0.717, 1.165) is 0 Å². The highest BCUT2D eigenvalue weighted by Crippen LogP contribution is 2.28. The zero-order valence-corrected chi connectivity index (χ0v) is 9.91. The Balaban J connectivity index is 2.57. The van der Waals surface area contributed by atoms with Crippen LogP contribution in [0.15, 0.2) is 11.4 Å². The largest absolute Gasteiger partial charge is 0.479 e. The van der Waals surface area contributed by atoms with E-state index in [9.17, 15) is 4.79 Å². The van der Waals surface area contributed by atoms with E-state index < -0.39 is 0 Å². The highest BCUT2D eigenvalue weighted by atomic mass is 32.2. The first-order valence-corrected chi connectivity index (χ1v) is 5.51. The van der Waals surface area contributed by atoms with E-state index in [1.807, 2.05) is 0 Å². The summed E-state index contributed by atoms with van der Waals surface area (Å²) in [5.41, 5.74) is 6.14. The van der Waals surface area contributed by atoms with Crippen LogP contribution in [-0.4, -0.2) is 35.9 Å². The number of carbonyl (C=O) groups excluding carboxylic acids is 1. The number of methoxy groups -OCH3 is 2. The van der Waals surface area contributed by atoms with E-state index in [2.05, 4.69) is 14.7 Å². The van der Waals surface area contributed by atoms with Gasteiger partial charge < -0.3 is 15.2 Å². The van der Waals surface area contributed by atoms with Gasteiger partial charge in [0.05, 0.1) is 20.6 Å². The van der Waals surface area contributed by atoms with Crippen molar-refractivity contribution in [1.29, 1.82) is 0 Å². The SMILES string of the molecule is COC(=O)CCSc1ncnc(OC)c1N.